The second kappa shape index (κ2) is 5.49. The number of hydrogen-bond donors (Lipinski definition) is 2. The number of nitrogens with zero attached hydrogens (tertiary/aromatic N) is 4. The van der Waals surface area contributed by atoms with Gasteiger partial charge in [-0.05, 0) is 38.1 Å². The third-order valence-electron chi connectivity index (χ3n) is 3.88. The summed E-state index contributed by atoms with van der Waals surface area (Å²) >= 11 is 0. The molecule has 0 unspecified atom stereocenters. The molecule has 1 aromatic carbocycles. The summed E-state index contributed by atoms with van der Waals surface area (Å²) in [5, 5.41) is 0. The third-order valence-corrected chi connectivity index (χ3v) is 3.88. The van der Waals surface area contributed by atoms with Crippen LogP contribution >= 0.6 is 0 Å². The maximum atomic E-state index is 6.05. The van der Waals surface area contributed by atoms with Gasteiger partial charge in [0.05, 0.1) is 13.2 Å². The molecule has 2 aliphatic rings. The van der Waals surface area contributed by atoms with Crippen molar-refractivity contribution in [2.75, 3.05) is 36.1 Å². The number of benzene rings is 1. The molecule has 7 heteroatoms. The number of guanidine groups is 2. The highest BCUT2D eigenvalue weighted by molar-refractivity contribution is 6.05. The number of anilines is 2. The highest BCUT2D eigenvalue weighted by atomic mass is 16.5. The van der Waals surface area contributed by atoms with Gasteiger partial charge in [-0.1, -0.05) is 0 Å². The lowest BCUT2D eigenvalue weighted by Gasteiger charge is -2.38. The molecule has 0 aromatic heterocycles. The van der Waals surface area contributed by atoms with Crippen molar-refractivity contribution in [2.45, 2.75) is 19.5 Å². The summed E-state index contributed by atoms with van der Waals surface area (Å²) in [6, 6.07) is 8.25. The molecule has 0 bridgehead atoms. The van der Waals surface area contributed by atoms with Crippen molar-refractivity contribution < 1.29 is 4.74 Å². The molecule has 4 N–H and O–H groups in total. The Balaban J connectivity index is 1.85. The van der Waals surface area contributed by atoms with Crippen LogP contribution in [0, 0.1) is 0 Å². The maximum Gasteiger partial charge on any atom is 0.220 e. The van der Waals surface area contributed by atoms with Crippen molar-refractivity contribution >= 4 is 23.3 Å². The summed E-state index contributed by atoms with van der Waals surface area (Å²) in [6.45, 7) is 7.29. The number of aliphatic imine (C=N–C) groups is 2. The van der Waals surface area contributed by atoms with Gasteiger partial charge in [-0.3, -0.25) is 4.90 Å². The average molecular weight is 302 g/mol. The Morgan fingerprint density at radius 1 is 1.05 bits per heavy atom. The minimum Gasteiger partial charge on any atom is -0.378 e. The second-order valence-electron chi connectivity index (χ2n) is 5.89. The molecule has 2 heterocycles. The van der Waals surface area contributed by atoms with Crippen molar-refractivity contribution in [1.29, 1.82) is 0 Å². The Morgan fingerprint density at radius 3 is 2.23 bits per heavy atom. The van der Waals surface area contributed by atoms with Crippen LogP contribution in [0.3, 0.4) is 0 Å². The number of nitrogens with two attached hydrogens (primary N) is 2. The van der Waals surface area contributed by atoms with E-state index in [2.05, 4.69) is 27.0 Å². The minimum absolute atomic E-state index is 0.212. The predicted octanol–water partition coefficient (Wildman–Crippen LogP) is 0.709. The zero-order valence-corrected chi connectivity index (χ0v) is 13.0. The lowest BCUT2D eigenvalue weighted by Crippen LogP contribution is -2.54. The van der Waals surface area contributed by atoms with E-state index < -0.39 is 5.66 Å². The second-order valence-corrected chi connectivity index (χ2v) is 5.89. The standard InChI is InChI=1S/C15H22N6O/c1-15(2)19-13(16)18-14(17)21(15)12-5-3-11(4-6-12)20-7-9-22-10-8-20/h3-6H,7-10H2,1-2H3,(H4,16,17,18,19). The van der Waals surface area contributed by atoms with E-state index >= 15 is 0 Å². The monoisotopic (exact) mass is 302 g/mol. The molecule has 3 rings (SSSR count). The first-order chi connectivity index (χ1) is 10.5. The Bertz CT molecular complexity index is 601. The molecular weight excluding hydrogens is 280 g/mol. The van der Waals surface area contributed by atoms with E-state index in [1.165, 1.54) is 5.69 Å². The van der Waals surface area contributed by atoms with E-state index in [0.717, 1.165) is 32.0 Å². The molecule has 2 aliphatic heterocycles. The minimum atomic E-state index is -0.559. The van der Waals surface area contributed by atoms with Crippen molar-refractivity contribution in [2.24, 2.45) is 21.5 Å². The van der Waals surface area contributed by atoms with E-state index in [1.54, 1.807) is 0 Å². The van der Waals surface area contributed by atoms with E-state index in [9.17, 15) is 0 Å². The van der Waals surface area contributed by atoms with Gasteiger partial charge >= 0.3 is 0 Å². The quantitative estimate of drug-likeness (QED) is 0.839. The van der Waals surface area contributed by atoms with Crippen molar-refractivity contribution in [3.05, 3.63) is 24.3 Å². The lowest BCUT2D eigenvalue weighted by molar-refractivity contribution is 0.122. The van der Waals surface area contributed by atoms with Crippen LogP contribution in [0.5, 0.6) is 0 Å². The topological polar surface area (TPSA) is 92.5 Å². The molecule has 0 saturated carbocycles. The maximum absolute atomic E-state index is 6.05. The van der Waals surface area contributed by atoms with Gasteiger partial charge in [0.2, 0.25) is 11.9 Å². The largest absolute Gasteiger partial charge is 0.378 e. The normalized spacial score (nSPS) is 21.4. The molecule has 7 nitrogen and oxygen atoms in total. The van der Waals surface area contributed by atoms with Crippen LogP contribution in [0.25, 0.3) is 0 Å². The van der Waals surface area contributed by atoms with Crippen LogP contribution < -0.4 is 21.3 Å². The van der Waals surface area contributed by atoms with Gasteiger partial charge < -0.3 is 21.1 Å². The molecule has 0 amide bonds. The molecule has 22 heavy (non-hydrogen) atoms. The van der Waals surface area contributed by atoms with Gasteiger partial charge in [0.25, 0.3) is 0 Å². The fraction of sp³-hybridized carbons (Fsp3) is 0.467. The number of rotatable bonds is 2. The summed E-state index contributed by atoms with van der Waals surface area (Å²) in [5.74, 6) is 0.570. The number of morpholine rings is 1. The van der Waals surface area contributed by atoms with E-state index in [-0.39, 0.29) is 5.96 Å². The summed E-state index contributed by atoms with van der Waals surface area (Å²) in [4.78, 5) is 12.6. The van der Waals surface area contributed by atoms with E-state index in [0.29, 0.717) is 5.96 Å². The summed E-state index contributed by atoms with van der Waals surface area (Å²) in [6.07, 6.45) is 0. The third kappa shape index (κ3) is 2.71. The summed E-state index contributed by atoms with van der Waals surface area (Å²) < 4.78 is 5.38. The van der Waals surface area contributed by atoms with Crippen LogP contribution in [0.2, 0.25) is 0 Å². The van der Waals surface area contributed by atoms with Crippen molar-refractivity contribution in [3.63, 3.8) is 0 Å². The molecular formula is C15H22N6O. The van der Waals surface area contributed by atoms with Gasteiger partial charge in [0, 0.05) is 24.5 Å². The first-order valence-electron chi connectivity index (χ1n) is 7.40. The van der Waals surface area contributed by atoms with Gasteiger partial charge in [-0.15, -0.1) is 0 Å². The Kier molecular flexibility index (Phi) is 3.66. The molecule has 0 spiro atoms. The van der Waals surface area contributed by atoms with Gasteiger partial charge in [0.1, 0.15) is 5.66 Å². The summed E-state index contributed by atoms with van der Waals surface area (Å²) in [7, 11) is 0. The summed E-state index contributed by atoms with van der Waals surface area (Å²) in [5.41, 5.74) is 13.3. The van der Waals surface area contributed by atoms with E-state index in [4.69, 9.17) is 16.2 Å². The molecule has 0 aliphatic carbocycles. The van der Waals surface area contributed by atoms with Gasteiger partial charge in [0.15, 0.2) is 0 Å². The molecule has 0 atom stereocenters. The molecule has 1 fully saturated rings. The Labute approximate surface area is 130 Å². The van der Waals surface area contributed by atoms with Crippen molar-refractivity contribution in [3.8, 4) is 0 Å². The zero-order valence-electron chi connectivity index (χ0n) is 13.0. The number of hydrogen-bond acceptors (Lipinski definition) is 7. The zero-order chi connectivity index (χ0) is 15.7. The predicted molar refractivity (Wildman–Crippen MR) is 89.3 cm³/mol. The molecule has 1 saturated heterocycles. The molecule has 0 radical (unpaired) electrons. The molecule has 1 aromatic rings. The highest BCUT2D eigenvalue weighted by Crippen LogP contribution is 2.29. The van der Waals surface area contributed by atoms with Gasteiger partial charge in [-0.25, -0.2) is 4.99 Å². The number of ether oxygens (including phenoxy) is 1. The van der Waals surface area contributed by atoms with Crippen LogP contribution in [0.4, 0.5) is 11.4 Å². The van der Waals surface area contributed by atoms with Gasteiger partial charge in [-0.2, -0.15) is 4.99 Å². The fourth-order valence-electron chi connectivity index (χ4n) is 2.89. The Morgan fingerprint density at radius 2 is 1.64 bits per heavy atom. The SMILES string of the molecule is CC1(C)N=C(N)N=C(N)N1c1ccc(N2CCOCC2)cc1. The smallest absolute Gasteiger partial charge is 0.220 e. The van der Waals surface area contributed by atoms with Crippen LogP contribution in [-0.2, 0) is 4.74 Å². The highest BCUT2D eigenvalue weighted by Gasteiger charge is 2.32. The van der Waals surface area contributed by atoms with Crippen LogP contribution in [-0.4, -0.2) is 43.9 Å². The van der Waals surface area contributed by atoms with Crippen LogP contribution in [0.1, 0.15) is 13.8 Å². The lowest BCUT2D eigenvalue weighted by atomic mass is 10.1. The molecule has 118 valence electrons. The van der Waals surface area contributed by atoms with E-state index in [1.807, 2.05) is 30.9 Å². The first-order valence-corrected chi connectivity index (χ1v) is 7.40. The van der Waals surface area contributed by atoms with Crippen molar-refractivity contribution in [1.82, 2.24) is 0 Å². The first kappa shape index (κ1) is 14.6. The van der Waals surface area contributed by atoms with Crippen LogP contribution in [0.15, 0.2) is 34.3 Å². The Hall–Kier alpha value is -2.28. The fourth-order valence-corrected chi connectivity index (χ4v) is 2.89. The average Bonchev–Trinajstić information content (AvgIpc) is 2.47.